The summed E-state index contributed by atoms with van der Waals surface area (Å²) in [5, 5.41) is 0.219. The first-order valence-electron chi connectivity index (χ1n) is 7.81. The Labute approximate surface area is 135 Å². The lowest BCUT2D eigenvalue weighted by molar-refractivity contribution is -0.137. The maximum Gasteiger partial charge on any atom is 0.330 e. The molecule has 0 aliphatic heterocycles. The van der Waals surface area contributed by atoms with Crippen LogP contribution in [0.5, 0.6) is 0 Å². The normalized spacial score (nSPS) is 12.8. The summed E-state index contributed by atoms with van der Waals surface area (Å²) < 4.78 is 13.2. The van der Waals surface area contributed by atoms with E-state index in [1.807, 2.05) is 18.3 Å². The van der Waals surface area contributed by atoms with Crippen LogP contribution in [0.1, 0.15) is 33.4 Å². The van der Waals surface area contributed by atoms with Crippen molar-refractivity contribution in [2.75, 3.05) is 13.2 Å². The van der Waals surface area contributed by atoms with Crippen LogP contribution in [0.25, 0.3) is 6.08 Å². The molecule has 4 nitrogen and oxygen atoms in total. The highest BCUT2D eigenvalue weighted by atomic mass is 28.4. The first kappa shape index (κ1) is 18.7. The van der Waals surface area contributed by atoms with Crippen LogP contribution in [0.4, 0.5) is 0 Å². The van der Waals surface area contributed by atoms with Crippen molar-refractivity contribution in [2.24, 2.45) is 0 Å². The predicted molar refractivity (Wildman–Crippen MR) is 93.2 cm³/mol. The van der Waals surface area contributed by atoms with Crippen molar-refractivity contribution in [1.82, 2.24) is 4.57 Å². The van der Waals surface area contributed by atoms with E-state index in [0.29, 0.717) is 13.2 Å². The molecule has 0 bridgehead atoms. The van der Waals surface area contributed by atoms with Gasteiger partial charge in [-0.1, -0.05) is 20.8 Å². The van der Waals surface area contributed by atoms with Crippen LogP contribution in [0.15, 0.2) is 24.4 Å². The van der Waals surface area contributed by atoms with Gasteiger partial charge in [0.15, 0.2) is 8.32 Å². The smallest absolute Gasteiger partial charge is 0.330 e. The van der Waals surface area contributed by atoms with Crippen LogP contribution >= 0.6 is 0 Å². The second-order valence-electron chi connectivity index (χ2n) is 6.82. The molecule has 0 amide bonds. The molecule has 0 saturated heterocycles. The molecule has 0 spiro atoms. The van der Waals surface area contributed by atoms with Crippen LogP contribution in [0, 0.1) is 0 Å². The van der Waals surface area contributed by atoms with Gasteiger partial charge < -0.3 is 13.7 Å². The average Bonchev–Trinajstić information content (AvgIpc) is 2.83. The van der Waals surface area contributed by atoms with Crippen molar-refractivity contribution >= 4 is 20.4 Å². The van der Waals surface area contributed by atoms with E-state index in [1.54, 1.807) is 13.0 Å². The molecule has 0 N–H and O–H groups in total. The first-order chi connectivity index (χ1) is 10.2. The van der Waals surface area contributed by atoms with Gasteiger partial charge in [-0.15, -0.1) is 0 Å². The lowest BCUT2D eigenvalue weighted by Crippen LogP contribution is -2.41. The fourth-order valence-electron chi connectivity index (χ4n) is 1.74. The number of esters is 1. The van der Waals surface area contributed by atoms with Gasteiger partial charge in [0, 0.05) is 24.5 Å². The quantitative estimate of drug-likeness (QED) is 0.431. The first-order valence-corrected chi connectivity index (χ1v) is 10.7. The maximum atomic E-state index is 11.4. The number of hydrogen-bond donors (Lipinski definition) is 0. The summed E-state index contributed by atoms with van der Waals surface area (Å²) in [6.45, 7) is 14.9. The minimum atomic E-state index is -1.71. The molecule has 124 valence electrons. The Hall–Kier alpha value is -1.33. The third-order valence-corrected chi connectivity index (χ3v) is 8.68. The topological polar surface area (TPSA) is 40.5 Å². The van der Waals surface area contributed by atoms with Crippen molar-refractivity contribution < 1.29 is 14.0 Å². The monoisotopic (exact) mass is 323 g/mol. The van der Waals surface area contributed by atoms with E-state index in [0.717, 1.165) is 12.2 Å². The van der Waals surface area contributed by atoms with Crippen molar-refractivity contribution in [1.29, 1.82) is 0 Å². The molecule has 0 fully saturated rings. The summed E-state index contributed by atoms with van der Waals surface area (Å²) in [6.07, 6.45) is 5.24. The molecule has 0 aromatic carbocycles. The molecule has 0 saturated carbocycles. The number of aromatic nitrogens is 1. The molecule has 1 aromatic heterocycles. The number of nitrogens with zero attached hydrogens (tertiary/aromatic N) is 1. The number of carbonyl (C=O) groups excluding carboxylic acids is 1. The van der Waals surface area contributed by atoms with Crippen LogP contribution in [0.3, 0.4) is 0 Å². The van der Waals surface area contributed by atoms with Gasteiger partial charge in [-0.05, 0) is 43.3 Å². The third-order valence-electron chi connectivity index (χ3n) is 4.14. The fraction of sp³-hybridized carbons (Fsp3) is 0.588. The second-order valence-corrected chi connectivity index (χ2v) is 11.6. The van der Waals surface area contributed by atoms with E-state index in [4.69, 9.17) is 9.16 Å². The SMILES string of the molecule is CCOC(=O)/C=C/c1cccn1CCO[Si](C)(C)C(C)(C)C. The summed E-state index contributed by atoms with van der Waals surface area (Å²) in [7, 11) is -1.71. The highest BCUT2D eigenvalue weighted by Crippen LogP contribution is 2.36. The van der Waals surface area contributed by atoms with Gasteiger partial charge in [0.25, 0.3) is 0 Å². The van der Waals surface area contributed by atoms with Gasteiger partial charge in [0.2, 0.25) is 0 Å². The molecule has 22 heavy (non-hydrogen) atoms. The zero-order valence-corrected chi connectivity index (χ0v) is 15.7. The molecule has 0 unspecified atom stereocenters. The molecule has 0 atom stereocenters. The summed E-state index contributed by atoms with van der Waals surface area (Å²) in [4.78, 5) is 11.4. The van der Waals surface area contributed by atoms with E-state index in [1.165, 1.54) is 6.08 Å². The van der Waals surface area contributed by atoms with Crippen molar-refractivity contribution in [2.45, 2.75) is 52.4 Å². The largest absolute Gasteiger partial charge is 0.463 e. The van der Waals surface area contributed by atoms with E-state index < -0.39 is 8.32 Å². The Morgan fingerprint density at radius 2 is 2.05 bits per heavy atom. The Bertz CT molecular complexity index is 512. The number of ether oxygens (including phenoxy) is 1. The van der Waals surface area contributed by atoms with Crippen LogP contribution in [-0.2, 0) is 20.5 Å². The number of carbonyl (C=O) groups is 1. The molecule has 1 aromatic rings. The number of rotatable bonds is 7. The van der Waals surface area contributed by atoms with Crippen molar-refractivity contribution in [3.63, 3.8) is 0 Å². The molecular weight excluding hydrogens is 294 g/mol. The molecule has 1 rings (SSSR count). The molecule has 0 aliphatic rings. The summed E-state index contributed by atoms with van der Waals surface area (Å²) in [5.74, 6) is -0.312. The van der Waals surface area contributed by atoms with Crippen LogP contribution in [0.2, 0.25) is 18.1 Å². The third kappa shape index (κ3) is 5.46. The van der Waals surface area contributed by atoms with E-state index in [2.05, 4.69) is 38.4 Å². The lowest BCUT2D eigenvalue weighted by atomic mass is 10.2. The minimum absolute atomic E-state index is 0.219. The van der Waals surface area contributed by atoms with Gasteiger partial charge in [-0.3, -0.25) is 0 Å². The highest BCUT2D eigenvalue weighted by Gasteiger charge is 2.36. The molecular formula is C17H29NO3Si. The molecule has 0 radical (unpaired) electrons. The summed E-state index contributed by atoms with van der Waals surface area (Å²) >= 11 is 0. The minimum Gasteiger partial charge on any atom is -0.463 e. The van der Waals surface area contributed by atoms with Gasteiger partial charge in [0.05, 0.1) is 13.2 Å². The Morgan fingerprint density at radius 3 is 2.64 bits per heavy atom. The van der Waals surface area contributed by atoms with Gasteiger partial charge >= 0.3 is 5.97 Å². The van der Waals surface area contributed by atoms with Crippen LogP contribution in [-0.4, -0.2) is 32.1 Å². The van der Waals surface area contributed by atoms with E-state index in [-0.39, 0.29) is 11.0 Å². The van der Waals surface area contributed by atoms with Crippen molar-refractivity contribution in [3.8, 4) is 0 Å². The van der Waals surface area contributed by atoms with Gasteiger partial charge in [-0.2, -0.15) is 0 Å². The Morgan fingerprint density at radius 1 is 1.36 bits per heavy atom. The molecule has 5 heteroatoms. The Kier molecular flexibility index (Phi) is 6.62. The number of hydrogen-bond acceptors (Lipinski definition) is 3. The highest BCUT2D eigenvalue weighted by molar-refractivity contribution is 6.74. The maximum absolute atomic E-state index is 11.4. The zero-order valence-electron chi connectivity index (χ0n) is 14.7. The lowest BCUT2D eigenvalue weighted by Gasteiger charge is -2.36. The van der Waals surface area contributed by atoms with Gasteiger partial charge in [-0.25, -0.2) is 4.79 Å². The standard InChI is InChI=1S/C17H29NO3Si/c1-7-20-16(19)11-10-15-9-8-12-18(15)13-14-21-22(5,6)17(2,3)4/h8-12H,7,13-14H2,1-6H3/b11-10+. The average molecular weight is 324 g/mol. The fourth-order valence-corrected chi connectivity index (χ4v) is 2.78. The summed E-state index contributed by atoms with van der Waals surface area (Å²) in [5.41, 5.74) is 0.979. The van der Waals surface area contributed by atoms with E-state index >= 15 is 0 Å². The van der Waals surface area contributed by atoms with Crippen molar-refractivity contribution in [3.05, 3.63) is 30.1 Å². The molecule has 0 aliphatic carbocycles. The zero-order chi connectivity index (χ0) is 16.8. The summed E-state index contributed by atoms with van der Waals surface area (Å²) in [6, 6.07) is 3.94. The predicted octanol–water partition coefficient (Wildman–Crippen LogP) is 4.09. The van der Waals surface area contributed by atoms with Gasteiger partial charge in [0.1, 0.15) is 0 Å². The van der Waals surface area contributed by atoms with E-state index in [9.17, 15) is 4.79 Å². The second kappa shape index (κ2) is 7.79. The molecule has 1 heterocycles. The van der Waals surface area contributed by atoms with Crippen LogP contribution < -0.4 is 0 Å². The Balaban J connectivity index is 2.59.